The topological polar surface area (TPSA) is 59.6 Å². The molecule has 0 radical (unpaired) electrons. The minimum atomic E-state index is -0.330. The summed E-state index contributed by atoms with van der Waals surface area (Å²) in [5.74, 6) is 0. The van der Waals surface area contributed by atoms with Crippen LogP contribution in [-0.4, -0.2) is 45.0 Å². The Kier molecular flexibility index (Phi) is 4.84. The van der Waals surface area contributed by atoms with Crippen LogP contribution in [-0.2, 0) is 9.47 Å². The van der Waals surface area contributed by atoms with Gasteiger partial charge in [0.2, 0.25) is 0 Å². The molecule has 88 valence electrons. The number of carbonyl (C=O) groups is 1. The maximum absolute atomic E-state index is 11.3. The number of rotatable bonds is 5. The molecular formula is C10H20N2O3. The van der Waals surface area contributed by atoms with E-state index in [9.17, 15) is 4.79 Å². The lowest BCUT2D eigenvalue weighted by Crippen LogP contribution is -2.48. The van der Waals surface area contributed by atoms with Crippen LogP contribution in [0.2, 0.25) is 0 Å². The molecule has 2 N–H and O–H groups in total. The van der Waals surface area contributed by atoms with Gasteiger partial charge in [-0.2, -0.15) is 0 Å². The molecule has 1 heterocycles. The monoisotopic (exact) mass is 216 g/mol. The van der Waals surface area contributed by atoms with Crippen LogP contribution < -0.4 is 10.6 Å². The van der Waals surface area contributed by atoms with E-state index in [-0.39, 0.29) is 11.6 Å². The number of carbonyl (C=O) groups excluding carboxylic acids is 1. The third-order valence-corrected chi connectivity index (χ3v) is 2.61. The van der Waals surface area contributed by atoms with E-state index in [0.717, 1.165) is 12.8 Å². The molecule has 0 aromatic carbocycles. The fourth-order valence-electron chi connectivity index (χ4n) is 1.50. The third kappa shape index (κ3) is 3.68. The smallest absolute Gasteiger partial charge is 0.314 e. The Morgan fingerprint density at radius 2 is 2.33 bits per heavy atom. The van der Waals surface area contributed by atoms with E-state index < -0.39 is 0 Å². The van der Waals surface area contributed by atoms with E-state index in [2.05, 4.69) is 10.6 Å². The zero-order chi connectivity index (χ0) is 11.1. The van der Waals surface area contributed by atoms with Crippen LogP contribution in [0.1, 0.15) is 19.8 Å². The molecule has 5 nitrogen and oxygen atoms in total. The SMILES string of the molecule is CCCNC(=O)NCC1(OC)CCOC1. The summed E-state index contributed by atoms with van der Waals surface area (Å²) in [5.41, 5.74) is -0.330. The summed E-state index contributed by atoms with van der Waals surface area (Å²) in [6.45, 7) is 4.47. The van der Waals surface area contributed by atoms with E-state index >= 15 is 0 Å². The molecule has 0 saturated carbocycles. The van der Waals surface area contributed by atoms with Gasteiger partial charge in [-0.3, -0.25) is 0 Å². The van der Waals surface area contributed by atoms with Crippen molar-refractivity contribution in [1.29, 1.82) is 0 Å². The normalized spacial score (nSPS) is 25.2. The van der Waals surface area contributed by atoms with Crippen molar-refractivity contribution in [2.75, 3.05) is 33.4 Å². The van der Waals surface area contributed by atoms with Crippen molar-refractivity contribution in [3.05, 3.63) is 0 Å². The molecule has 1 saturated heterocycles. The van der Waals surface area contributed by atoms with Gasteiger partial charge in [0.15, 0.2) is 0 Å². The van der Waals surface area contributed by atoms with Gasteiger partial charge >= 0.3 is 6.03 Å². The summed E-state index contributed by atoms with van der Waals surface area (Å²) in [6.07, 6.45) is 1.77. The zero-order valence-corrected chi connectivity index (χ0v) is 9.47. The first-order chi connectivity index (χ1) is 7.22. The highest BCUT2D eigenvalue weighted by Gasteiger charge is 2.35. The second-order valence-electron chi connectivity index (χ2n) is 3.80. The van der Waals surface area contributed by atoms with Crippen LogP contribution in [0, 0.1) is 0 Å². The van der Waals surface area contributed by atoms with E-state index in [1.54, 1.807) is 7.11 Å². The van der Waals surface area contributed by atoms with Crippen molar-refractivity contribution in [2.45, 2.75) is 25.4 Å². The second-order valence-corrected chi connectivity index (χ2v) is 3.80. The molecule has 1 aliphatic rings. The minimum Gasteiger partial charge on any atom is -0.378 e. The largest absolute Gasteiger partial charge is 0.378 e. The molecule has 15 heavy (non-hydrogen) atoms. The van der Waals surface area contributed by atoms with Gasteiger partial charge in [0.25, 0.3) is 0 Å². The highest BCUT2D eigenvalue weighted by molar-refractivity contribution is 5.73. The molecule has 1 unspecified atom stereocenters. The molecule has 1 aliphatic heterocycles. The summed E-state index contributed by atoms with van der Waals surface area (Å²) in [5, 5.41) is 5.55. The van der Waals surface area contributed by atoms with Gasteiger partial charge < -0.3 is 20.1 Å². The van der Waals surface area contributed by atoms with Crippen LogP contribution in [0.25, 0.3) is 0 Å². The number of nitrogens with one attached hydrogen (secondary N) is 2. The summed E-state index contributed by atoms with van der Waals surface area (Å²) < 4.78 is 10.7. The summed E-state index contributed by atoms with van der Waals surface area (Å²) in [4.78, 5) is 11.3. The number of urea groups is 1. The molecule has 0 spiro atoms. The Bertz CT molecular complexity index is 203. The quantitative estimate of drug-likeness (QED) is 0.703. The predicted octanol–water partition coefficient (Wildman–Crippen LogP) is 0.501. The number of amides is 2. The highest BCUT2D eigenvalue weighted by Crippen LogP contribution is 2.21. The lowest BCUT2D eigenvalue weighted by molar-refractivity contribution is -0.0137. The molecule has 2 amide bonds. The maximum atomic E-state index is 11.3. The highest BCUT2D eigenvalue weighted by atomic mass is 16.5. The van der Waals surface area contributed by atoms with Crippen molar-refractivity contribution in [3.63, 3.8) is 0 Å². The lowest BCUT2D eigenvalue weighted by Gasteiger charge is -2.25. The van der Waals surface area contributed by atoms with Crippen molar-refractivity contribution in [3.8, 4) is 0 Å². The van der Waals surface area contributed by atoms with E-state index in [0.29, 0.717) is 26.3 Å². The third-order valence-electron chi connectivity index (χ3n) is 2.61. The van der Waals surface area contributed by atoms with Crippen LogP contribution in [0.15, 0.2) is 0 Å². The van der Waals surface area contributed by atoms with Crippen molar-refractivity contribution in [2.24, 2.45) is 0 Å². The summed E-state index contributed by atoms with van der Waals surface area (Å²) >= 11 is 0. The first-order valence-corrected chi connectivity index (χ1v) is 5.37. The van der Waals surface area contributed by atoms with Crippen LogP contribution in [0.4, 0.5) is 4.79 Å². The van der Waals surface area contributed by atoms with Gasteiger partial charge in [0.05, 0.1) is 13.2 Å². The van der Waals surface area contributed by atoms with Crippen molar-refractivity contribution < 1.29 is 14.3 Å². The zero-order valence-electron chi connectivity index (χ0n) is 9.47. The Hall–Kier alpha value is -0.810. The van der Waals surface area contributed by atoms with Crippen LogP contribution in [0.3, 0.4) is 0 Å². The number of methoxy groups -OCH3 is 1. The second kappa shape index (κ2) is 5.92. The van der Waals surface area contributed by atoms with E-state index in [1.807, 2.05) is 6.92 Å². The first-order valence-electron chi connectivity index (χ1n) is 5.37. The lowest BCUT2D eigenvalue weighted by atomic mass is 10.0. The fraction of sp³-hybridized carbons (Fsp3) is 0.900. The number of hydrogen-bond donors (Lipinski definition) is 2. The molecule has 0 aromatic rings. The molecule has 0 aromatic heterocycles. The summed E-state index contributed by atoms with van der Waals surface area (Å²) in [6, 6.07) is -0.139. The van der Waals surface area contributed by atoms with Gasteiger partial charge in [0.1, 0.15) is 5.60 Å². The Labute approximate surface area is 90.5 Å². The van der Waals surface area contributed by atoms with Gasteiger partial charge in [-0.1, -0.05) is 6.92 Å². The Morgan fingerprint density at radius 1 is 1.53 bits per heavy atom. The van der Waals surface area contributed by atoms with Crippen LogP contribution >= 0.6 is 0 Å². The Balaban J connectivity index is 2.25. The first kappa shape index (κ1) is 12.3. The fourth-order valence-corrected chi connectivity index (χ4v) is 1.50. The Morgan fingerprint density at radius 3 is 2.87 bits per heavy atom. The molecule has 5 heteroatoms. The van der Waals surface area contributed by atoms with Gasteiger partial charge in [-0.15, -0.1) is 0 Å². The molecule has 1 fully saturated rings. The summed E-state index contributed by atoms with van der Waals surface area (Å²) in [7, 11) is 1.65. The standard InChI is InChI=1S/C10H20N2O3/c1-3-5-11-9(13)12-7-10(14-2)4-6-15-8-10/h3-8H2,1-2H3,(H2,11,12,13). The molecule has 1 rings (SSSR count). The average Bonchev–Trinajstić information content (AvgIpc) is 2.73. The van der Waals surface area contributed by atoms with Crippen molar-refractivity contribution >= 4 is 6.03 Å². The van der Waals surface area contributed by atoms with Crippen LogP contribution in [0.5, 0.6) is 0 Å². The van der Waals surface area contributed by atoms with Gasteiger partial charge in [-0.25, -0.2) is 4.79 Å². The number of ether oxygens (including phenoxy) is 2. The maximum Gasteiger partial charge on any atom is 0.314 e. The molecule has 1 atom stereocenters. The van der Waals surface area contributed by atoms with Gasteiger partial charge in [-0.05, 0) is 6.42 Å². The van der Waals surface area contributed by atoms with E-state index in [1.165, 1.54) is 0 Å². The number of hydrogen-bond acceptors (Lipinski definition) is 3. The average molecular weight is 216 g/mol. The van der Waals surface area contributed by atoms with Gasteiger partial charge in [0, 0.05) is 26.7 Å². The molecule has 0 bridgehead atoms. The molecular weight excluding hydrogens is 196 g/mol. The van der Waals surface area contributed by atoms with E-state index in [4.69, 9.17) is 9.47 Å². The minimum absolute atomic E-state index is 0.139. The van der Waals surface area contributed by atoms with Crippen molar-refractivity contribution in [1.82, 2.24) is 10.6 Å². The molecule has 0 aliphatic carbocycles. The predicted molar refractivity (Wildman–Crippen MR) is 56.9 cm³/mol.